The van der Waals surface area contributed by atoms with E-state index in [0.717, 1.165) is 14.9 Å². The lowest BCUT2D eigenvalue weighted by atomic mass is 9.93. The van der Waals surface area contributed by atoms with Crippen molar-refractivity contribution in [3.8, 4) is 0 Å². The summed E-state index contributed by atoms with van der Waals surface area (Å²) >= 11 is 3.32. The molecule has 1 N–H and O–H groups in total. The maximum Gasteiger partial charge on any atom is 0.326 e. The highest BCUT2D eigenvalue weighted by Crippen LogP contribution is 2.24. The standard InChI is InChI=1S/C16H19BrN2O4/c1-3-16(4-2)14(21)19(15(22)18-16)9-13(20)23-10-11-5-7-12(17)8-6-11/h5-8H,3-4,9-10H2,1-2H3,(H,18,22). The van der Waals surface area contributed by atoms with Gasteiger partial charge in [0.1, 0.15) is 18.7 Å². The van der Waals surface area contributed by atoms with Gasteiger partial charge in [-0.2, -0.15) is 0 Å². The third kappa shape index (κ3) is 3.72. The quantitative estimate of drug-likeness (QED) is 0.605. The predicted molar refractivity (Wildman–Crippen MR) is 87.5 cm³/mol. The number of imide groups is 1. The van der Waals surface area contributed by atoms with Crippen molar-refractivity contribution in [3.63, 3.8) is 0 Å². The summed E-state index contributed by atoms with van der Waals surface area (Å²) in [6.45, 7) is 3.39. The van der Waals surface area contributed by atoms with Crippen LogP contribution in [0.25, 0.3) is 0 Å². The molecule has 1 saturated heterocycles. The van der Waals surface area contributed by atoms with E-state index in [-0.39, 0.29) is 19.1 Å². The molecule has 23 heavy (non-hydrogen) atoms. The van der Waals surface area contributed by atoms with E-state index in [4.69, 9.17) is 4.74 Å². The number of esters is 1. The fraction of sp³-hybridized carbons (Fsp3) is 0.438. The summed E-state index contributed by atoms with van der Waals surface area (Å²) in [6.07, 6.45) is 0.969. The molecule has 6 nitrogen and oxygen atoms in total. The number of nitrogens with zero attached hydrogens (tertiary/aromatic N) is 1. The molecule has 1 aromatic carbocycles. The topological polar surface area (TPSA) is 75.7 Å². The van der Waals surface area contributed by atoms with Gasteiger partial charge in [0.15, 0.2) is 0 Å². The van der Waals surface area contributed by atoms with Gasteiger partial charge in [-0.05, 0) is 30.5 Å². The second-order valence-corrected chi connectivity index (χ2v) is 6.31. The molecule has 0 radical (unpaired) electrons. The van der Waals surface area contributed by atoms with Gasteiger partial charge in [-0.15, -0.1) is 0 Å². The first-order valence-corrected chi connectivity index (χ1v) is 8.25. The maximum absolute atomic E-state index is 12.4. The van der Waals surface area contributed by atoms with Crippen LogP contribution in [-0.2, 0) is 20.9 Å². The van der Waals surface area contributed by atoms with Crippen LogP contribution in [0, 0.1) is 0 Å². The van der Waals surface area contributed by atoms with Crippen LogP contribution in [0.4, 0.5) is 4.79 Å². The minimum absolute atomic E-state index is 0.0997. The van der Waals surface area contributed by atoms with E-state index in [0.29, 0.717) is 12.8 Å². The number of benzene rings is 1. The fourth-order valence-electron chi connectivity index (χ4n) is 2.47. The minimum Gasteiger partial charge on any atom is -0.459 e. The summed E-state index contributed by atoms with van der Waals surface area (Å²) in [4.78, 5) is 37.2. The Morgan fingerprint density at radius 1 is 1.22 bits per heavy atom. The molecule has 0 aromatic heterocycles. The summed E-state index contributed by atoms with van der Waals surface area (Å²) in [5, 5.41) is 2.68. The SMILES string of the molecule is CCC1(CC)NC(=O)N(CC(=O)OCc2ccc(Br)cc2)C1=O. The van der Waals surface area contributed by atoms with Crippen molar-refractivity contribution >= 4 is 33.8 Å². The van der Waals surface area contributed by atoms with E-state index in [9.17, 15) is 14.4 Å². The van der Waals surface area contributed by atoms with Gasteiger partial charge in [0.2, 0.25) is 0 Å². The van der Waals surface area contributed by atoms with E-state index in [1.807, 2.05) is 38.1 Å². The van der Waals surface area contributed by atoms with Gasteiger partial charge in [-0.1, -0.05) is 41.9 Å². The number of hydrogen-bond acceptors (Lipinski definition) is 4. The van der Waals surface area contributed by atoms with Crippen LogP contribution >= 0.6 is 15.9 Å². The summed E-state index contributed by atoms with van der Waals surface area (Å²) < 4.78 is 6.07. The van der Waals surface area contributed by atoms with Crippen molar-refractivity contribution in [1.82, 2.24) is 10.2 Å². The summed E-state index contributed by atoms with van der Waals surface area (Å²) in [6, 6.07) is 6.79. The molecule has 1 fully saturated rings. The van der Waals surface area contributed by atoms with Crippen LogP contribution in [-0.4, -0.2) is 34.9 Å². The minimum atomic E-state index is -0.900. The Morgan fingerprint density at radius 3 is 2.35 bits per heavy atom. The fourth-order valence-corrected chi connectivity index (χ4v) is 2.73. The molecule has 0 bridgehead atoms. The summed E-state index contributed by atoms with van der Waals surface area (Å²) in [7, 11) is 0. The Morgan fingerprint density at radius 2 is 1.83 bits per heavy atom. The van der Waals surface area contributed by atoms with Gasteiger partial charge >= 0.3 is 12.0 Å². The smallest absolute Gasteiger partial charge is 0.326 e. The maximum atomic E-state index is 12.4. The van der Waals surface area contributed by atoms with Crippen molar-refractivity contribution < 1.29 is 19.1 Å². The Balaban J connectivity index is 1.93. The van der Waals surface area contributed by atoms with Gasteiger partial charge in [-0.3, -0.25) is 14.5 Å². The first-order valence-electron chi connectivity index (χ1n) is 7.46. The lowest BCUT2D eigenvalue weighted by Crippen LogP contribution is -2.46. The second kappa shape index (κ2) is 7.12. The van der Waals surface area contributed by atoms with E-state index in [2.05, 4.69) is 21.2 Å². The lowest BCUT2D eigenvalue weighted by molar-refractivity contribution is -0.148. The van der Waals surface area contributed by atoms with Gasteiger partial charge < -0.3 is 10.1 Å². The van der Waals surface area contributed by atoms with Gasteiger partial charge in [0.05, 0.1) is 0 Å². The number of rotatable bonds is 6. The molecule has 0 atom stereocenters. The van der Waals surface area contributed by atoms with Crippen LogP contribution < -0.4 is 5.32 Å². The Labute approximate surface area is 143 Å². The monoisotopic (exact) mass is 382 g/mol. The first-order chi connectivity index (χ1) is 10.9. The Bertz CT molecular complexity index is 611. The molecular formula is C16H19BrN2O4. The van der Waals surface area contributed by atoms with Crippen LogP contribution in [0.2, 0.25) is 0 Å². The normalized spacial score (nSPS) is 16.4. The van der Waals surface area contributed by atoms with Crippen LogP contribution in [0.15, 0.2) is 28.7 Å². The third-order valence-electron chi connectivity index (χ3n) is 4.05. The zero-order valence-electron chi connectivity index (χ0n) is 13.1. The molecule has 1 aromatic rings. The summed E-state index contributed by atoms with van der Waals surface area (Å²) in [5.41, 5.74) is -0.0708. The van der Waals surface area contributed by atoms with E-state index < -0.39 is 17.5 Å². The number of urea groups is 1. The largest absolute Gasteiger partial charge is 0.459 e. The van der Waals surface area contributed by atoms with E-state index in [1.165, 1.54) is 0 Å². The van der Waals surface area contributed by atoms with Crippen LogP contribution in [0.3, 0.4) is 0 Å². The van der Waals surface area contributed by atoms with E-state index in [1.54, 1.807) is 0 Å². The molecule has 1 aliphatic rings. The number of carbonyl (C=O) groups is 3. The average molecular weight is 383 g/mol. The number of halogens is 1. The molecule has 2 rings (SSSR count). The number of ether oxygens (including phenoxy) is 1. The highest BCUT2D eigenvalue weighted by atomic mass is 79.9. The average Bonchev–Trinajstić information content (AvgIpc) is 2.79. The first kappa shape index (κ1) is 17.5. The van der Waals surface area contributed by atoms with Crippen molar-refractivity contribution in [2.75, 3.05) is 6.54 Å². The molecule has 0 aliphatic carbocycles. The summed E-state index contributed by atoms with van der Waals surface area (Å²) in [5.74, 6) is -0.979. The van der Waals surface area contributed by atoms with Crippen molar-refractivity contribution in [3.05, 3.63) is 34.3 Å². The zero-order chi connectivity index (χ0) is 17.0. The highest BCUT2D eigenvalue weighted by Gasteiger charge is 2.49. The van der Waals surface area contributed by atoms with E-state index >= 15 is 0 Å². The third-order valence-corrected chi connectivity index (χ3v) is 4.58. The van der Waals surface area contributed by atoms with Gasteiger partial charge in [0, 0.05) is 4.47 Å². The molecule has 3 amide bonds. The molecule has 1 aliphatic heterocycles. The van der Waals surface area contributed by atoms with Crippen molar-refractivity contribution in [2.24, 2.45) is 0 Å². The van der Waals surface area contributed by atoms with Gasteiger partial charge in [-0.25, -0.2) is 4.79 Å². The molecule has 0 spiro atoms. The molecule has 0 unspecified atom stereocenters. The predicted octanol–water partition coefficient (Wildman–Crippen LogP) is 2.60. The number of carbonyl (C=O) groups excluding carboxylic acids is 3. The Kier molecular flexibility index (Phi) is 5.41. The zero-order valence-corrected chi connectivity index (χ0v) is 14.7. The van der Waals surface area contributed by atoms with Crippen LogP contribution in [0.1, 0.15) is 32.3 Å². The molecule has 0 saturated carbocycles. The van der Waals surface area contributed by atoms with Gasteiger partial charge in [0.25, 0.3) is 5.91 Å². The molecular weight excluding hydrogens is 364 g/mol. The highest BCUT2D eigenvalue weighted by molar-refractivity contribution is 9.10. The second-order valence-electron chi connectivity index (χ2n) is 5.40. The number of nitrogens with one attached hydrogen (secondary N) is 1. The number of hydrogen-bond donors (Lipinski definition) is 1. The number of amides is 3. The van der Waals surface area contributed by atoms with Crippen molar-refractivity contribution in [1.29, 1.82) is 0 Å². The molecule has 124 valence electrons. The molecule has 1 heterocycles. The van der Waals surface area contributed by atoms with Crippen molar-refractivity contribution in [2.45, 2.75) is 38.8 Å². The van der Waals surface area contributed by atoms with Crippen LogP contribution in [0.5, 0.6) is 0 Å². The lowest BCUT2D eigenvalue weighted by Gasteiger charge is -2.22. The molecule has 7 heteroatoms. The Hall–Kier alpha value is -1.89.